The van der Waals surface area contributed by atoms with Crippen LogP contribution in [0.4, 0.5) is 5.95 Å². The van der Waals surface area contributed by atoms with Gasteiger partial charge in [0.25, 0.3) is 5.56 Å². The number of esters is 1. The van der Waals surface area contributed by atoms with Gasteiger partial charge in [0.15, 0.2) is 17.5 Å². The molecule has 0 aliphatic carbocycles. The quantitative estimate of drug-likeness (QED) is 0.101. The number of aromatic nitrogens is 4. The molecule has 186 valence electrons. The third kappa shape index (κ3) is 7.59. The number of fused-ring (bicyclic) bond motifs is 1. The summed E-state index contributed by atoms with van der Waals surface area (Å²) < 4.78 is 30.8. The summed E-state index contributed by atoms with van der Waals surface area (Å²) in [6.07, 6.45) is -0.0901. The number of aromatic amines is 1. The van der Waals surface area contributed by atoms with Gasteiger partial charge in [0.2, 0.25) is 13.4 Å². The number of carbonyl (C=O) groups is 1. The van der Waals surface area contributed by atoms with E-state index in [-0.39, 0.29) is 44.2 Å². The molecule has 2 rings (SSSR count). The molecule has 0 amide bonds. The third-order valence-electron chi connectivity index (χ3n) is 4.46. The summed E-state index contributed by atoms with van der Waals surface area (Å²) in [5.41, 5.74) is 5.57. The summed E-state index contributed by atoms with van der Waals surface area (Å²) in [6, 6.07) is -1.61. The minimum absolute atomic E-state index is 0.0390. The number of anilines is 1. The fourth-order valence-corrected chi connectivity index (χ4v) is 5.07. The Kier molecular flexibility index (Phi) is 9.95. The van der Waals surface area contributed by atoms with Crippen LogP contribution < -0.4 is 21.5 Å². The van der Waals surface area contributed by atoms with Gasteiger partial charge in [-0.1, -0.05) is 0 Å². The van der Waals surface area contributed by atoms with Crippen molar-refractivity contribution in [2.24, 2.45) is 0 Å². The molecule has 2 heterocycles. The Hall–Kier alpha value is -2.35. The predicted octanol–water partition coefficient (Wildman–Crippen LogP) is -0.257. The second-order valence-corrected chi connectivity index (χ2v) is 9.46. The number of aliphatic hydroxyl groups is 1. The number of nitrogens with two attached hydrogens (primary N) is 1. The molecule has 0 aliphatic heterocycles. The summed E-state index contributed by atoms with van der Waals surface area (Å²) in [7, 11) is -3.54. The average Bonchev–Trinajstić information content (AvgIpc) is 3.14. The Morgan fingerprint density at radius 2 is 2.06 bits per heavy atom. The van der Waals surface area contributed by atoms with Crippen LogP contribution in [0.5, 0.6) is 0 Å². The van der Waals surface area contributed by atoms with E-state index in [0.717, 1.165) is 0 Å². The normalized spacial score (nSPS) is 16.3. The zero-order valence-electron chi connectivity index (χ0n) is 19.1. The number of H-pyrrole nitrogens is 1. The van der Waals surface area contributed by atoms with E-state index in [1.807, 2.05) is 0 Å². The highest BCUT2D eigenvalue weighted by Gasteiger charge is 2.31. The second kappa shape index (κ2) is 12.2. The average molecular weight is 489 g/mol. The van der Waals surface area contributed by atoms with Crippen LogP contribution in [0.3, 0.4) is 0 Å². The standard InChI is InChI=1S/C18H32N7O7P/c1-5-31-16(27)11(3)23-33(29,24-12(4)17(28)32-6-2)10-30-8-7-25-9-20-13-14(25)21-18(19)22-15(13)26/h9,11-12,16,27H,5-8,10H2,1-4H3,(H2,23,24,29)(H3,19,21,22,26)/t11-,12-,16?,33?/m0/s1. The van der Waals surface area contributed by atoms with Gasteiger partial charge in [0, 0.05) is 13.2 Å². The molecule has 0 saturated heterocycles. The third-order valence-corrected chi connectivity index (χ3v) is 6.64. The van der Waals surface area contributed by atoms with Crippen molar-refractivity contribution in [3.05, 3.63) is 16.7 Å². The SMILES string of the molecule is CCOC(=O)[C@H](C)NP(=O)(COCCn1cnc2c(=O)[nH]c(N)nc21)N[C@@H](C)C(O)OCC. The van der Waals surface area contributed by atoms with Gasteiger partial charge < -0.3 is 29.6 Å². The molecule has 0 bridgehead atoms. The number of rotatable bonds is 14. The molecule has 0 spiro atoms. The van der Waals surface area contributed by atoms with E-state index in [0.29, 0.717) is 5.65 Å². The van der Waals surface area contributed by atoms with Crippen LogP contribution in [0.25, 0.3) is 11.2 Å². The fourth-order valence-electron chi connectivity index (χ4n) is 2.94. The van der Waals surface area contributed by atoms with Crippen LogP contribution in [0, 0.1) is 0 Å². The lowest BCUT2D eigenvalue weighted by Gasteiger charge is -2.28. The highest BCUT2D eigenvalue weighted by Crippen LogP contribution is 2.38. The van der Waals surface area contributed by atoms with Crippen molar-refractivity contribution in [3.8, 4) is 0 Å². The zero-order valence-corrected chi connectivity index (χ0v) is 20.0. The molecular formula is C18H32N7O7P. The zero-order chi connectivity index (χ0) is 24.6. The lowest BCUT2D eigenvalue weighted by atomic mass is 10.3. The monoisotopic (exact) mass is 489 g/mol. The molecule has 2 aromatic heterocycles. The maximum Gasteiger partial charge on any atom is 0.323 e. The molecule has 4 atom stereocenters. The van der Waals surface area contributed by atoms with Gasteiger partial charge in [-0.3, -0.25) is 19.1 Å². The van der Waals surface area contributed by atoms with Crippen molar-refractivity contribution in [3.63, 3.8) is 0 Å². The summed E-state index contributed by atoms with van der Waals surface area (Å²) in [5.74, 6) is -0.612. The van der Waals surface area contributed by atoms with Crippen LogP contribution in [0.15, 0.2) is 11.1 Å². The Bertz CT molecular complexity index is 1030. The maximum absolute atomic E-state index is 13.5. The number of nitrogens with one attached hydrogen (secondary N) is 3. The first-order valence-corrected chi connectivity index (χ1v) is 12.4. The minimum Gasteiger partial charge on any atom is -0.465 e. The molecule has 6 N–H and O–H groups in total. The number of imidazole rings is 1. The van der Waals surface area contributed by atoms with Gasteiger partial charge in [-0.15, -0.1) is 0 Å². The van der Waals surface area contributed by atoms with Crippen molar-refractivity contribution in [2.45, 2.75) is 52.6 Å². The number of hydrogen-bond acceptors (Lipinski definition) is 10. The summed E-state index contributed by atoms with van der Waals surface area (Å²) in [4.78, 5) is 34.3. The number of nitrogen functional groups attached to an aromatic ring is 1. The molecule has 15 heteroatoms. The first-order valence-electron chi connectivity index (χ1n) is 10.5. The first kappa shape index (κ1) is 26.9. The summed E-state index contributed by atoms with van der Waals surface area (Å²) in [6.45, 7) is 7.27. The summed E-state index contributed by atoms with van der Waals surface area (Å²) >= 11 is 0. The van der Waals surface area contributed by atoms with Crippen molar-refractivity contribution in [2.75, 3.05) is 31.9 Å². The van der Waals surface area contributed by atoms with Crippen LogP contribution in [-0.2, 0) is 30.1 Å². The van der Waals surface area contributed by atoms with E-state index < -0.39 is 37.3 Å². The van der Waals surface area contributed by atoms with Crippen LogP contribution in [-0.4, -0.2) is 75.1 Å². The summed E-state index contributed by atoms with van der Waals surface area (Å²) in [5, 5.41) is 15.5. The Morgan fingerprint density at radius 1 is 1.33 bits per heavy atom. The van der Waals surface area contributed by atoms with E-state index in [2.05, 4.69) is 25.1 Å². The smallest absolute Gasteiger partial charge is 0.323 e. The minimum atomic E-state index is -3.54. The van der Waals surface area contributed by atoms with Gasteiger partial charge in [0.05, 0.1) is 25.6 Å². The van der Waals surface area contributed by atoms with Gasteiger partial charge in [-0.05, 0) is 27.7 Å². The Labute approximate surface area is 190 Å². The van der Waals surface area contributed by atoms with E-state index >= 15 is 0 Å². The Balaban J connectivity index is 2.05. The van der Waals surface area contributed by atoms with Crippen LogP contribution in [0.2, 0.25) is 0 Å². The topological polar surface area (TPSA) is 196 Å². The van der Waals surface area contributed by atoms with Gasteiger partial charge in [-0.25, -0.2) is 15.2 Å². The fraction of sp³-hybridized carbons (Fsp3) is 0.667. The second-order valence-electron chi connectivity index (χ2n) is 7.20. The number of ether oxygens (including phenoxy) is 3. The van der Waals surface area contributed by atoms with Crippen molar-refractivity contribution >= 4 is 30.5 Å². The van der Waals surface area contributed by atoms with Crippen molar-refractivity contribution < 1.29 is 28.7 Å². The lowest BCUT2D eigenvalue weighted by Crippen LogP contribution is -2.44. The molecule has 0 aliphatic rings. The molecule has 14 nitrogen and oxygen atoms in total. The molecule has 2 unspecified atom stereocenters. The number of nitrogens with zero attached hydrogens (tertiary/aromatic N) is 3. The molecule has 2 aromatic rings. The van der Waals surface area contributed by atoms with Crippen molar-refractivity contribution in [1.82, 2.24) is 29.7 Å². The van der Waals surface area contributed by atoms with E-state index in [4.69, 9.17) is 19.9 Å². The largest absolute Gasteiger partial charge is 0.465 e. The molecule has 33 heavy (non-hydrogen) atoms. The van der Waals surface area contributed by atoms with E-state index in [1.54, 1.807) is 25.3 Å². The maximum atomic E-state index is 13.5. The molecular weight excluding hydrogens is 457 g/mol. The molecule has 0 aromatic carbocycles. The highest BCUT2D eigenvalue weighted by atomic mass is 31.2. The highest BCUT2D eigenvalue weighted by molar-refractivity contribution is 7.59. The first-order chi connectivity index (χ1) is 15.6. The van der Waals surface area contributed by atoms with Crippen LogP contribution in [0.1, 0.15) is 27.7 Å². The van der Waals surface area contributed by atoms with E-state index in [9.17, 15) is 19.3 Å². The molecule has 0 fully saturated rings. The number of carbonyl (C=O) groups excluding carboxylic acids is 1. The lowest BCUT2D eigenvalue weighted by molar-refractivity contribution is -0.144. The van der Waals surface area contributed by atoms with Gasteiger partial charge >= 0.3 is 5.97 Å². The van der Waals surface area contributed by atoms with Crippen LogP contribution >= 0.6 is 7.44 Å². The van der Waals surface area contributed by atoms with Gasteiger partial charge in [0.1, 0.15) is 12.4 Å². The van der Waals surface area contributed by atoms with Crippen molar-refractivity contribution in [1.29, 1.82) is 0 Å². The number of aliphatic hydroxyl groups excluding tert-OH is 1. The Morgan fingerprint density at radius 3 is 2.73 bits per heavy atom. The molecule has 0 radical (unpaired) electrons. The van der Waals surface area contributed by atoms with E-state index in [1.165, 1.54) is 13.3 Å². The molecule has 0 saturated carbocycles. The number of hydrogen-bond donors (Lipinski definition) is 5. The predicted molar refractivity (Wildman–Crippen MR) is 120 cm³/mol. The van der Waals surface area contributed by atoms with Gasteiger partial charge in [-0.2, -0.15) is 4.98 Å².